The van der Waals surface area contributed by atoms with Gasteiger partial charge in [-0.15, -0.1) is 11.3 Å². The largest absolute Gasteiger partial charge is 0.442 e. The van der Waals surface area contributed by atoms with Gasteiger partial charge in [0, 0.05) is 31.4 Å². The van der Waals surface area contributed by atoms with E-state index in [9.17, 15) is 9.59 Å². The van der Waals surface area contributed by atoms with Crippen LogP contribution in [0.25, 0.3) is 0 Å². The number of hydrogen-bond acceptors (Lipinski definition) is 7. The Hall–Kier alpha value is -2.78. The van der Waals surface area contributed by atoms with E-state index in [-0.39, 0.29) is 12.5 Å². The van der Waals surface area contributed by atoms with Crippen molar-refractivity contribution in [1.82, 2.24) is 15.2 Å². The fourth-order valence-corrected chi connectivity index (χ4v) is 4.51. The number of anilines is 1. The van der Waals surface area contributed by atoms with Crippen LogP contribution in [-0.4, -0.2) is 73.6 Å². The van der Waals surface area contributed by atoms with Crippen LogP contribution in [0.4, 0.5) is 10.5 Å². The van der Waals surface area contributed by atoms with Crippen molar-refractivity contribution in [2.75, 3.05) is 44.7 Å². The van der Waals surface area contributed by atoms with Crippen LogP contribution in [-0.2, 0) is 4.74 Å². The summed E-state index contributed by atoms with van der Waals surface area (Å²) in [6.45, 7) is 5.43. The highest BCUT2D eigenvalue weighted by atomic mass is 35.5. The van der Waals surface area contributed by atoms with Gasteiger partial charge in [0.15, 0.2) is 5.84 Å². The summed E-state index contributed by atoms with van der Waals surface area (Å²) in [7, 11) is 1.97. The summed E-state index contributed by atoms with van der Waals surface area (Å²) in [4.78, 5) is 28.9. The van der Waals surface area contributed by atoms with E-state index in [0.29, 0.717) is 15.8 Å². The van der Waals surface area contributed by atoms with Crippen LogP contribution in [0.3, 0.4) is 0 Å². The zero-order chi connectivity index (χ0) is 22.0. The Morgan fingerprint density at radius 1 is 1.26 bits per heavy atom. The van der Waals surface area contributed by atoms with Gasteiger partial charge in [0.1, 0.15) is 6.10 Å². The molecule has 0 aliphatic carbocycles. The Morgan fingerprint density at radius 3 is 2.71 bits per heavy atom. The molecule has 1 fully saturated rings. The summed E-state index contributed by atoms with van der Waals surface area (Å²) < 4.78 is 5.98. The molecule has 0 spiro atoms. The second kappa shape index (κ2) is 9.15. The van der Waals surface area contributed by atoms with Gasteiger partial charge in [0.2, 0.25) is 0 Å². The minimum absolute atomic E-state index is 0.227. The van der Waals surface area contributed by atoms with Crippen molar-refractivity contribution in [1.29, 1.82) is 0 Å². The summed E-state index contributed by atoms with van der Waals surface area (Å²) >= 11 is 7.08. The summed E-state index contributed by atoms with van der Waals surface area (Å²) in [5.41, 5.74) is 1.75. The molecule has 1 aromatic carbocycles. The SMILES string of the molecule is CCN1CCN(C)N=C1c1ccc(N2CC(CNC(=O)c3ccc(Cl)s3)OC2=O)cc1. The Balaban J connectivity index is 1.38. The van der Waals surface area contributed by atoms with Crippen LogP contribution in [0.1, 0.15) is 22.2 Å². The number of halogens is 1. The third-order valence-corrected chi connectivity index (χ3v) is 6.47. The maximum absolute atomic E-state index is 12.4. The smallest absolute Gasteiger partial charge is 0.414 e. The van der Waals surface area contributed by atoms with Gasteiger partial charge in [-0.2, -0.15) is 5.10 Å². The van der Waals surface area contributed by atoms with Gasteiger partial charge in [0.05, 0.1) is 28.8 Å². The molecule has 10 heteroatoms. The van der Waals surface area contributed by atoms with Crippen molar-refractivity contribution in [2.24, 2.45) is 5.10 Å². The van der Waals surface area contributed by atoms with Gasteiger partial charge in [-0.1, -0.05) is 11.6 Å². The summed E-state index contributed by atoms with van der Waals surface area (Å²) in [5, 5.41) is 9.39. The lowest BCUT2D eigenvalue weighted by molar-refractivity contribution is 0.0920. The highest BCUT2D eigenvalue weighted by Crippen LogP contribution is 2.24. The topological polar surface area (TPSA) is 77.5 Å². The maximum Gasteiger partial charge on any atom is 0.414 e. The molecule has 4 rings (SSSR count). The fourth-order valence-electron chi connectivity index (χ4n) is 3.55. The highest BCUT2D eigenvalue weighted by Gasteiger charge is 2.32. The number of ether oxygens (including phenoxy) is 1. The van der Waals surface area contributed by atoms with Gasteiger partial charge in [0.25, 0.3) is 5.91 Å². The molecule has 2 aliphatic rings. The van der Waals surface area contributed by atoms with E-state index >= 15 is 0 Å². The molecule has 1 atom stereocenters. The molecule has 0 saturated carbocycles. The number of hydrazone groups is 1. The monoisotopic (exact) mass is 461 g/mol. The van der Waals surface area contributed by atoms with E-state index in [4.69, 9.17) is 16.3 Å². The standard InChI is InChI=1S/C21H24ClN5O3S/c1-3-26-11-10-25(2)24-19(26)14-4-6-15(7-5-14)27-13-16(30-21(27)29)12-23-20(28)17-8-9-18(22)31-17/h4-9,16H,3,10-13H2,1-2H3,(H,23,28). The first-order chi connectivity index (χ1) is 14.9. The Morgan fingerprint density at radius 2 is 2.03 bits per heavy atom. The quantitative estimate of drug-likeness (QED) is 0.715. The van der Waals surface area contributed by atoms with E-state index in [1.807, 2.05) is 36.3 Å². The van der Waals surface area contributed by atoms with Gasteiger partial charge in [-0.3, -0.25) is 14.7 Å². The van der Waals surface area contributed by atoms with Crippen LogP contribution in [0.2, 0.25) is 4.34 Å². The molecule has 2 aliphatic heterocycles. The van der Waals surface area contributed by atoms with Crippen molar-refractivity contribution in [3.8, 4) is 0 Å². The second-order valence-electron chi connectivity index (χ2n) is 7.36. The molecule has 1 unspecified atom stereocenters. The van der Waals surface area contributed by atoms with E-state index in [2.05, 4.69) is 22.2 Å². The van der Waals surface area contributed by atoms with Crippen LogP contribution < -0.4 is 10.2 Å². The van der Waals surface area contributed by atoms with Crippen molar-refractivity contribution >= 4 is 46.5 Å². The molecule has 3 heterocycles. The lowest BCUT2D eigenvalue weighted by atomic mass is 10.1. The lowest BCUT2D eigenvalue weighted by Crippen LogP contribution is -2.42. The summed E-state index contributed by atoms with van der Waals surface area (Å²) in [5.74, 6) is 0.704. The molecule has 8 nitrogen and oxygen atoms in total. The number of likely N-dealkylation sites (N-methyl/N-ethyl adjacent to an activating group) is 2. The van der Waals surface area contributed by atoms with Gasteiger partial charge >= 0.3 is 6.09 Å². The van der Waals surface area contributed by atoms with Crippen LogP contribution in [0.15, 0.2) is 41.5 Å². The van der Waals surface area contributed by atoms with Gasteiger partial charge in [-0.25, -0.2) is 4.79 Å². The normalized spacial score (nSPS) is 18.8. The number of amidine groups is 1. The van der Waals surface area contributed by atoms with Crippen molar-refractivity contribution in [3.63, 3.8) is 0 Å². The predicted octanol–water partition coefficient (Wildman–Crippen LogP) is 3.09. The van der Waals surface area contributed by atoms with E-state index in [1.54, 1.807) is 17.0 Å². The molecule has 0 radical (unpaired) electrons. The number of cyclic esters (lactones) is 1. The van der Waals surface area contributed by atoms with Crippen molar-refractivity contribution in [2.45, 2.75) is 13.0 Å². The maximum atomic E-state index is 12.4. The zero-order valence-electron chi connectivity index (χ0n) is 17.4. The number of rotatable bonds is 6. The zero-order valence-corrected chi connectivity index (χ0v) is 18.9. The number of nitrogens with zero attached hydrogens (tertiary/aromatic N) is 4. The van der Waals surface area contributed by atoms with Crippen molar-refractivity contribution < 1.29 is 14.3 Å². The number of thiophene rings is 1. The third kappa shape index (κ3) is 4.77. The number of benzene rings is 1. The second-order valence-corrected chi connectivity index (χ2v) is 9.08. The average Bonchev–Trinajstić information content (AvgIpc) is 3.37. The molecule has 2 aromatic rings. The van der Waals surface area contributed by atoms with E-state index in [0.717, 1.165) is 36.7 Å². The number of carbonyl (C=O) groups is 2. The van der Waals surface area contributed by atoms with Crippen LogP contribution in [0, 0.1) is 0 Å². The molecule has 2 amide bonds. The van der Waals surface area contributed by atoms with Crippen LogP contribution in [0.5, 0.6) is 0 Å². The Kier molecular flexibility index (Phi) is 6.33. The minimum Gasteiger partial charge on any atom is -0.442 e. The number of nitrogens with one attached hydrogen (secondary N) is 1. The van der Waals surface area contributed by atoms with Gasteiger partial charge < -0.3 is 15.0 Å². The molecule has 0 bridgehead atoms. The number of carbonyl (C=O) groups excluding carboxylic acids is 2. The number of hydrogen-bond donors (Lipinski definition) is 1. The Labute approximate surface area is 190 Å². The fraction of sp³-hybridized carbons (Fsp3) is 0.381. The summed E-state index contributed by atoms with van der Waals surface area (Å²) in [6.07, 6.45) is -0.838. The Bertz CT molecular complexity index is 993. The average molecular weight is 462 g/mol. The third-order valence-electron chi connectivity index (χ3n) is 5.24. The molecule has 164 valence electrons. The van der Waals surface area contributed by atoms with Crippen molar-refractivity contribution in [3.05, 3.63) is 51.2 Å². The molecule has 1 saturated heterocycles. The highest BCUT2D eigenvalue weighted by molar-refractivity contribution is 7.18. The molecular formula is C21H24ClN5O3S. The number of amides is 2. The first kappa shape index (κ1) is 21.5. The first-order valence-electron chi connectivity index (χ1n) is 10.1. The summed E-state index contributed by atoms with van der Waals surface area (Å²) in [6, 6.07) is 11.1. The predicted molar refractivity (Wildman–Crippen MR) is 122 cm³/mol. The lowest BCUT2D eigenvalue weighted by Gasteiger charge is -2.32. The van der Waals surface area contributed by atoms with Crippen LogP contribution >= 0.6 is 22.9 Å². The molecule has 31 heavy (non-hydrogen) atoms. The molecule has 1 N–H and O–H groups in total. The van der Waals surface area contributed by atoms with E-state index < -0.39 is 12.2 Å². The molecule has 1 aromatic heterocycles. The minimum atomic E-state index is -0.420. The molecular weight excluding hydrogens is 438 g/mol. The van der Waals surface area contributed by atoms with E-state index in [1.165, 1.54) is 11.3 Å². The first-order valence-corrected chi connectivity index (χ1v) is 11.3. The van der Waals surface area contributed by atoms with Gasteiger partial charge in [-0.05, 0) is 43.3 Å².